The van der Waals surface area contributed by atoms with Gasteiger partial charge >= 0.3 is 0 Å². The number of ether oxygens (including phenoxy) is 2. The number of nitrogens with zero attached hydrogens (tertiary/aromatic N) is 6. The van der Waals surface area contributed by atoms with E-state index < -0.39 is 0 Å². The molecule has 2 aromatic heterocycles. The Labute approximate surface area is 203 Å². The fourth-order valence-corrected chi connectivity index (χ4v) is 5.46. The maximum absolute atomic E-state index is 5.46. The van der Waals surface area contributed by atoms with Crippen LogP contribution in [0.1, 0.15) is 10.7 Å². The minimum Gasteiger partial charge on any atom is -0.379 e. The molecule has 0 atom stereocenters. The molecule has 0 radical (unpaired) electrons. The molecule has 9 nitrogen and oxygen atoms in total. The van der Waals surface area contributed by atoms with Crippen LogP contribution >= 0.6 is 11.3 Å². The van der Waals surface area contributed by atoms with Gasteiger partial charge in [0.25, 0.3) is 0 Å². The van der Waals surface area contributed by atoms with Gasteiger partial charge in [0.1, 0.15) is 0 Å². The zero-order valence-electron chi connectivity index (χ0n) is 19.1. The van der Waals surface area contributed by atoms with Crippen molar-refractivity contribution in [3.05, 3.63) is 53.3 Å². The highest BCUT2D eigenvalue weighted by Gasteiger charge is 2.19. The van der Waals surface area contributed by atoms with E-state index in [2.05, 4.69) is 67.7 Å². The number of benzene rings is 1. The van der Waals surface area contributed by atoms with Crippen molar-refractivity contribution in [1.82, 2.24) is 19.7 Å². The number of rotatable bonds is 6. The Morgan fingerprint density at radius 2 is 1.65 bits per heavy atom. The molecule has 3 aliphatic rings. The Bertz CT molecular complexity index is 1130. The quantitative estimate of drug-likeness (QED) is 0.578. The molecule has 6 rings (SSSR count). The largest absolute Gasteiger partial charge is 0.379 e. The molecule has 178 valence electrons. The molecule has 0 bridgehead atoms. The van der Waals surface area contributed by atoms with Crippen molar-refractivity contribution in [3.8, 4) is 0 Å². The van der Waals surface area contributed by atoms with E-state index in [0.29, 0.717) is 12.5 Å². The van der Waals surface area contributed by atoms with E-state index in [1.54, 1.807) is 0 Å². The molecule has 2 saturated heterocycles. The molecule has 1 aromatic carbocycles. The van der Waals surface area contributed by atoms with Gasteiger partial charge in [-0.1, -0.05) is 0 Å². The van der Waals surface area contributed by atoms with E-state index in [1.165, 1.54) is 15.6 Å². The van der Waals surface area contributed by atoms with Crippen LogP contribution in [0.3, 0.4) is 0 Å². The molecule has 1 N–H and O–H groups in total. The zero-order valence-corrected chi connectivity index (χ0v) is 19.9. The molecular weight excluding hydrogens is 450 g/mol. The number of hydrogen-bond acceptors (Lipinski definition) is 9. The van der Waals surface area contributed by atoms with Crippen molar-refractivity contribution in [2.24, 2.45) is 0 Å². The average Bonchev–Trinajstić information content (AvgIpc) is 3.52. The molecule has 0 saturated carbocycles. The predicted octanol–water partition coefficient (Wildman–Crippen LogP) is 3.20. The first-order chi connectivity index (χ1) is 16.8. The Kier molecular flexibility index (Phi) is 6.19. The van der Waals surface area contributed by atoms with Gasteiger partial charge < -0.3 is 24.6 Å². The normalized spacial score (nSPS) is 18.8. The van der Waals surface area contributed by atoms with Gasteiger partial charge in [-0.25, -0.2) is 4.68 Å². The molecule has 0 aliphatic carbocycles. The van der Waals surface area contributed by atoms with Crippen LogP contribution in [0.2, 0.25) is 0 Å². The van der Waals surface area contributed by atoms with E-state index in [1.807, 2.05) is 22.2 Å². The molecule has 3 aliphatic heterocycles. The van der Waals surface area contributed by atoms with E-state index in [-0.39, 0.29) is 0 Å². The fourth-order valence-electron chi connectivity index (χ4n) is 4.43. The number of nitrogens with one attached hydrogen (secondary N) is 1. The van der Waals surface area contributed by atoms with Crippen molar-refractivity contribution >= 4 is 39.9 Å². The molecule has 34 heavy (non-hydrogen) atoms. The second-order valence-corrected chi connectivity index (χ2v) is 9.77. The molecule has 0 unspecified atom stereocenters. The topological polar surface area (TPSA) is 70.9 Å². The second-order valence-electron chi connectivity index (χ2n) is 8.62. The van der Waals surface area contributed by atoms with Crippen LogP contribution in [0.15, 0.2) is 42.6 Å². The summed E-state index contributed by atoms with van der Waals surface area (Å²) in [6, 6.07) is 12.9. The number of thiophene rings is 1. The second kappa shape index (κ2) is 9.75. The molecule has 3 aromatic rings. The number of hydrogen-bond donors (Lipinski definition) is 1. The summed E-state index contributed by atoms with van der Waals surface area (Å²) in [6.07, 6.45) is 4.05. The van der Waals surface area contributed by atoms with E-state index in [4.69, 9.17) is 14.5 Å². The lowest BCUT2D eigenvalue weighted by atomic mass is 10.2. The average molecular weight is 480 g/mol. The molecule has 0 spiro atoms. The lowest BCUT2D eigenvalue weighted by molar-refractivity contribution is 0.0346. The molecular formula is C24H29N7O2S. The third-order valence-corrected chi connectivity index (χ3v) is 7.42. The monoisotopic (exact) mass is 479 g/mol. The summed E-state index contributed by atoms with van der Waals surface area (Å²) in [5.41, 5.74) is 2.19. The maximum atomic E-state index is 5.46. The highest BCUT2D eigenvalue weighted by atomic mass is 32.1. The van der Waals surface area contributed by atoms with Gasteiger partial charge in [0.05, 0.1) is 38.0 Å². The molecule has 2 fully saturated rings. The summed E-state index contributed by atoms with van der Waals surface area (Å²) >= 11 is 1.84. The first-order valence-electron chi connectivity index (χ1n) is 11.8. The lowest BCUT2D eigenvalue weighted by Crippen LogP contribution is -2.36. The van der Waals surface area contributed by atoms with E-state index >= 15 is 0 Å². The maximum Gasteiger partial charge on any atom is 0.247 e. The zero-order chi connectivity index (χ0) is 22.7. The van der Waals surface area contributed by atoms with Crippen LogP contribution in [-0.4, -0.2) is 72.3 Å². The van der Waals surface area contributed by atoms with Crippen LogP contribution in [0.25, 0.3) is 6.20 Å². The Morgan fingerprint density at radius 1 is 0.882 bits per heavy atom. The number of morpholine rings is 2. The third-order valence-electron chi connectivity index (χ3n) is 6.31. The van der Waals surface area contributed by atoms with Crippen molar-refractivity contribution in [1.29, 1.82) is 0 Å². The first-order valence-corrected chi connectivity index (χ1v) is 12.6. The Hall–Kier alpha value is -2.92. The van der Waals surface area contributed by atoms with Gasteiger partial charge in [-0.2, -0.15) is 4.98 Å². The van der Waals surface area contributed by atoms with Crippen LogP contribution in [0.4, 0.5) is 22.3 Å². The van der Waals surface area contributed by atoms with Gasteiger partial charge in [0.15, 0.2) is 5.82 Å². The summed E-state index contributed by atoms with van der Waals surface area (Å²) in [7, 11) is 0. The van der Waals surface area contributed by atoms with Crippen LogP contribution in [0.5, 0.6) is 0 Å². The standard InChI is InChI=1S/C24H29N7O2S/c1-3-20(29-11-15-33-16-12-29)4-2-19(1)25-24-26-22-18-30(7-8-31(22)27-24)23-6-5-21(34-23)17-28-9-13-32-14-10-28/h1-8H,9-18H2,(H,25,27). The van der Waals surface area contributed by atoms with Crippen LogP contribution in [0, 0.1) is 0 Å². The van der Waals surface area contributed by atoms with Gasteiger partial charge in [-0.05, 0) is 36.4 Å². The first kappa shape index (κ1) is 21.6. The minimum atomic E-state index is 0.611. The van der Waals surface area contributed by atoms with Crippen molar-refractivity contribution in [2.45, 2.75) is 13.1 Å². The van der Waals surface area contributed by atoms with Crippen LogP contribution < -0.4 is 15.1 Å². The minimum absolute atomic E-state index is 0.611. The van der Waals surface area contributed by atoms with E-state index in [9.17, 15) is 0 Å². The highest BCUT2D eigenvalue weighted by Crippen LogP contribution is 2.30. The van der Waals surface area contributed by atoms with Crippen molar-refractivity contribution in [3.63, 3.8) is 0 Å². The van der Waals surface area contributed by atoms with Gasteiger partial charge in [-0.15, -0.1) is 16.4 Å². The Balaban J connectivity index is 1.08. The predicted molar refractivity (Wildman–Crippen MR) is 135 cm³/mol. The van der Waals surface area contributed by atoms with Gasteiger partial charge in [0.2, 0.25) is 5.95 Å². The molecule has 5 heterocycles. The van der Waals surface area contributed by atoms with Gasteiger partial charge in [0, 0.05) is 61.4 Å². The van der Waals surface area contributed by atoms with Crippen molar-refractivity contribution in [2.75, 3.05) is 67.7 Å². The summed E-state index contributed by atoms with van der Waals surface area (Å²) in [4.78, 5) is 13.1. The fraction of sp³-hybridized carbons (Fsp3) is 0.417. The lowest BCUT2D eigenvalue weighted by Gasteiger charge is -2.28. The number of anilines is 4. The SMILES string of the molecule is C1=Cn2nc(Nc3ccc(N4CCOCC4)cc3)nc2CN1c1ccc(CN2CCOCC2)s1. The molecule has 10 heteroatoms. The smallest absolute Gasteiger partial charge is 0.247 e. The highest BCUT2D eigenvalue weighted by molar-refractivity contribution is 7.16. The molecule has 0 amide bonds. The third kappa shape index (κ3) is 4.80. The summed E-state index contributed by atoms with van der Waals surface area (Å²) in [5.74, 6) is 1.53. The Morgan fingerprint density at radius 3 is 2.44 bits per heavy atom. The van der Waals surface area contributed by atoms with Gasteiger partial charge in [-0.3, -0.25) is 4.90 Å². The van der Waals surface area contributed by atoms with Crippen molar-refractivity contribution < 1.29 is 9.47 Å². The van der Waals surface area contributed by atoms with Crippen LogP contribution in [-0.2, 0) is 22.6 Å². The van der Waals surface area contributed by atoms with E-state index in [0.717, 1.165) is 70.7 Å². The summed E-state index contributed by atoms with van der Waals surface area (Å²) in [5, 5.41) is 9.18. The summed E-state index contributed by atoms with van der Waals surface area (Å²) in [6.45, 7) is 8.79. The number of aromatic nitrogens is 3. The summed E-state index contributed by atoms with van der Waals surface area (Å²) < 4.78 is 12.8. The number of fused-ring (bicyclic) bond motifs is 1.